The number of nitrogens with zero attached hydrogens (tertiary/aromatic N) is 2. The zero-order valence-corrected chi connectivity index (χ0v) is 7.68. The Labute approximate surface area is 71.8 Å². The molecule has 0 atom stereocenters. The van der Waals surface area contributed by atoms with Gasteiger partial charge in [0.2, 0.25) is 0 Å². The SMILES string of the molecule is O=S(=O)(N1CC1)N1CC(S)C1. The summed E-state index contributed by atoms with van der Waals surface area (Å²) in [7, 11) is -3.04. The predicted molar refractivity (Wildman–Crippen MR) is 44.8 cm³/mol. The third-order valence-electron chi connectivity index (χ3n) is 1.89. The molecule has 2 aliphatic rings. The second-order valence-corrected chi connectivity index (χ2v) is 5.54. The number of thiol groups is 1. The summed E-state index contributed by atoms with van der Waals surface area (Å²) in [6.45, 7) is 2.52. The van der Waals surface area contributed by atoms with E-state index < -0.39 is 10.2 Å². The molecule has 64 valence electrons. The zero-order valence-electron chi connectivity index (χ0n) is 5.97. The minimum atomic E-state index is -3.04. The van der Waals surface area contributed by atoms with Crippen molar-refractivity contribution in [3.63, 3.8) is 0 Å². The van der Waals surface area contributed by atoms with Gasteiger partial charge < -0.3 is 0 Å². The van der Waals surface area contributed by atoms with E-state index in [9.17, 15) is 8.42 Å². The van der Waals surface area contributed by atoms with Crippen LogP contribution in [0.2, 0.25) is 0 Å². The molecule has 2 saturated heterocycles. The van der Waals surface area contributed by atoms with Gasteiger partial charge in [-0.1, -0.05) is 0 Å². The van der Waals surface area contributed by atoms with Gasteiger partial charge in [-0.25, -0.2) is 0 Å². The minimum Gasteiger partial charge on any atom is -0.195 e. The topological polar surface area (TPSA) is 40.4 Å². The van der Waals surface area contributed by atoms with Crippen molar-refractivity contribution in [1.29, 1.82) is 0 Å². The first-order chi connectivity index (χ1) is 5.10. The Morgan fingerprint density at radius 2 is 1.73 bits per heavy atom. The standard InChI is InChI=1S/C5H10N2O2S2/c8-11(9,6-1-2-6)7-3-5(10)4-7/h5,10H,1-4H2. The van der Waals surface area contributed by atoms with Gasteiger partial charge in [0.1, 0.15) is 0 Å². The van der Waals surface area contributed by atoms with E-state index in [-0.39, 0.29) is 5.25 Å². The van der Waals surface area contributed by atoms with Crippen molar-refractivity contribution in [2.75, 3.05) is 26.2 Å². The van der Waals surface area contributed by atoms with Crippen molar-refractivity contribution >= 4 is 22.8 Å². The highest BCUT2D eigenvalue weighted by Gasteiger charge is 2.42. The van der Waals surface area contributed by atoms with Crippen molar-refractivity contribution < 1.29 is 8.42 Å². The Kier molecular flexibility index (Phi) is 1.68. The molecule has 0 saturated carbocycles. The van der Waals surface area contributed by atoms with Crippen LogP contribution < -0.4 is 0 Å². The van der Waals surface area contributed by atoms with E-state index in [4.69, 9.17) is 0 Å². The van der Waals surface area contributed by atoms with Crippen molar-refractivity contribution in [2.24, 2.45) is 0 Å². The summed E-state index contributed by atoms with van der Waals surface area (Å²) in [5.41, 5.74) is 0. The average molecular weight is 194 g/mol. The average Bonchev–Trinajstić information content (AvgIpc) is 2.60. The molecule has 0 aromatic heterocycles. The highest BCUT2D eigenvalue weighted by Crippen LogP contribution is 2.23. The summed E-state index contributed by atoms with van der Waals surface area (Å²) in [4.78, 5) is 0. The van der Waals surface area contributed by atoms with E-state index in [1.165, 1.54) is 8.61 Å². The van der Waals surface area contributed by atoms with Crippen LogP contribution >= 0.6 is 12.6 Å². The van der Waals surface area contributed by atoms with Crippen molar-refractivity contribution in [2.45, 2.75) is 5.25 Å². The second kappa shape index (κ2) is 2.35. The molecule has 11 heavy (non-hydrogen) atoms. The van der Waals surface area contributed by atoms with E-state index in [1.54, 1.807) is 0 Å². The maximum Gasteiger partial charge on any atom is 0.282 e. The minimum absolute atomic E-state index is 0.240. The molecule has 0 amide bonds. The summed E-state index contributed by atoms with van der Waals surface area (Å²) in [6, 6.07) is 0. The lowest BCUT2D eigenvalue weighted by Gasteiger charge is -2.34. The van der Waals surface area contributed by atoms with Gasteiger partial charge in [-0.15, -0.1) is 0 Å². The molecule has 2 fully saturated rings. The lowest BCUT2D eigenvalue weighted by molar-refractivity contribution is 0.309. The van der Waals surface area contributed by atoms with Crippen molar-refractivity contribution in [3.05, 3.63) is 0 Å². The van der Waals surface area contributed by atoms with Crippen LogP contribution in [0.3, 0.4) is 0 Å². The molecule has 6 heteroatoms. The maximum atomic E-state index is 11.3. The van der Waals surface area contributed by atoms with Gasteiger partial charge in [-0.2, -0.15) is 29.7 Å². The molecule has 2 aliphatic heterocycles. The van der Waals surface area contributed by atoms with Crippen LogP contribution in [-0.2, 0) is 10.2 Å². The number of hydrogen-bond donors (Lipinski definition) is 1. The summed E-state index contributed by atoms with van der Waals surface area (Å²) in [6.07, 6.45) is 0. The lowest BCUT2D eigenvalue weighted by Crippen LogP contribution is -2.52. The quantitative estimate of drug-likeness (QED) is 0.460. The molecule has 0 aromatic carbocycles. The van der Waals surface area contributed by atoms with E-state index in [1.807, 2.05) is 0 Å². The molecule has 2 rings (SSSR count). The third-order valence-corrected chi connectivity index (χ3v) is 4.18. The summed E-state index contributed by atoms with van der Waals surface area (Å²) in [5.74, 6) is 0. The number of rotatable bonds is 2. The first-order valence-electron chi connectivity index (χ1n) is 3.54. The molecule has 0 aliphatic carbocycles. The highest BCUT2D eigenvalue weighted by molar-refractivity contribution is 7.87. The largest absolute Gasteiger partial charge is 0.282 e. The van der Waals surface area contributed by atoms with Gasteiger partial charge in [0.15, 0.2) is 0 Å². The maximum absolute atomic E-state index is 11.3. The normalized spacial score (nSPS) is 28.5. The van der Waals surface area contributed by atoms with Gasteiger partial charge in [-0.3, -0.25) is 0 Å². The van der Waals surface area contributed by atoms with Crippen LogP contribution in [-0.4, -0.2) is 48.5 Å². The fraction of sp³-hybridized carbons (Fsp3) is 1.00. The van der Waals surface area contributed by atoms with Gasteiger partial charge in [0.25, 0.3) is 10.2 Å². The molecular weight excluding hydrogens is 184 g/mol. The van der Waals surface area contributed by atoms with E-state index in [0.717, 1.165) is 0 Å². The van der Waals surface area contributed by atoms with Gasteiger partial charge in [-0.05, 0) is 0 Å². The summed E-state index contributed by atoms with van der Waals surface area (Å²) >= 11 is 4.14. The van der Waals surface area contributed by atoms with Crippen LogP contribution in [0.4, 0.5) is 0 Å². The molecule has 4 nitrogen and oxygen atoms in total. The Hall–Kier alpha value is 0.220. The molecule has 2 heterocycles. The first-order valence-corrected chi connectivity index (χ1v) is 5.45. The van der Waals surface area contributed by atoms with Gasteiger partial charge in [0, 0.05) is 31.4 Å². The fourth-order valence-corrected chi connectivity index (χ4v) is 3.26. The highest BCUT2D eigenvalue weighted by atomic mass is 32.2. The zero-order chi connectivity index (χ0) is 8.06. The molecule has 0 radical (unpaired) electrons. The second-order valence-electron chi connectivity index (χ2n) is 2.88. The van der Waals surface area contributed by atoms with Crippen LogP contribution in [0, 0.1) is 0 Å². The molecule has 0 aromatic rings. The van der Waals surface area contributed by atoms with Crippen LogP contribution in [0.25, 0.3) is 0 Å². The first kappa shape index (κ1) is 7.85. The Morgan fingerprint density at radius 1 is 1.18 bits per heavy atom. The fourth-order valence-electron chi connectivity index (χ4n) is 1.04. The molecule has 0 spiro atoms. The van der Waals surface area contributed by atoms with E-state index in [2.05, 4.69) is 12.6 Å². The predicted octanol–water partition coefficient (Wildman–Crippen LogP) is -0.839. The molecule has 0 N–H and O–H groups in total. The molecule has 0 bridgehead atoms. The molecule has 0 unspecified atom stereocenters. The number of hydrogen-bond acceptors (Lipinski definition) is 3. The molecular formula is C5H10N2O2S2. The van der Waals surface area contributed by atoms with Crippen molar-refractivity contribution in [1.82, 2.24) is 8.61 Å². The Bertz CT molecular complexity index is 254. The third kappa shape index (κ3) is 1.28. The van der Waals surface area contributed by atoms with Crippen LogP contribution in [0.5, 0.6) is 0 Å². The smallest absolute Gasteiger partial charge is 0.195 e. The van der Waals surface area contributed by atoms with Crippen molar-refractivity contribution in [3.8, 4) is 0 Å². The summed E-state index contributed by atoms with van der Waals surface area (Å²) < 4.78 is 25.6. The van der Waals surface area contributed by atoms with E-state index in [0.29, 0.717) is 26.2 Å². The van der Waals surface area contributed by atoms with Crippen LogP contribution in [0.15, 0.2) is 0 Å². The van der Waals surface area contributed by atoms with Crippen LogP contribution in [0.1, 0.15) is 0 Å². The summed E-state index contributed by atoms with van der Waals surface area (Å²) in [5, 5.41) is 0.240. The van der Waals surface area contributed by atoms with Gasteiger partial charge >= 0.3 is 0 Å². The monoisotopic (exact) mass is 194 g/mol. The van der Waals surface area contributed by atoms with Gasteiger partial charge in [0.05, 0.1) is 0 Å². The Balaban J connectivity index is 2.04. The Morgan fingerprint density at radius 3 is 2.09 bits per heavy atom. The van der Waals surface area contributed by atoms with E-state index >= 15 is 0 Å². The lowest BCUT2D eigenvalue weighted by atomic mass is 10.3.